The molecule has 1 heterocycles. The minimum Gasteiger partial charge on any atom is -0.381 e. The van der Waals surface area contributed by atoms with Crippen LogP contribution in [0.25, 0.3) is 0 Å². The lowest BCUT2D eigenvalue weighted by Gasteiger charge is -2.07. The van der Waals surface area contributed by atoms with Crippen LogP contribution in [0.3, 0.4) is 0 Å². The zero-order chi connectivity index (χ0) is 14.5. The van der Waals surface area contributed by atoms with Crippen molar-refractivity contribution < 1.29 is 4.79 Å². The molecule has 3 N–H and O–H groups in total. The summed E-state index contributed by atoms with van der Waals surface area (Å²) < 4.78 is 0.849. The van der Waals surface area contributed by atoms with E-state index in [0.29, 0.717) is 21.6 Å². The second kappa shape index (κ2) is 6.92. The second-order valence-corrected chi connectivity index (χ2v) is 5.99. The van der Waals surface area contributed by atoms with Crippen LogP contribution in [0.2, 0.25) is 5.02 Å². The van der Waals surface area contributed by atoms with Gasteiger partial charge in [0.1, 0.15) is 5.03 Å². The van der Waals surface area contributed by atoms with Gasteiger partial charge in [-0.15, -0.1) is 0 Å². The highest BCUT2D eigenvalue weighted by atomic mass is 79.9. The quantitative estimate of drug-likeness (QED) is 0.804. The van der Waals surface area contributed by atoms with E-state index in [1.54, 1.807) is 18.2 Å². The highest BCUT2D eigenvalue weighted by molar-refractivity contribution is 9.10. The molecule has 2 aromatic rings. The third kappa shape index (κ3) is 4.09. The maximum atomic E-state index is 11.8. The Balaban J connectivity index is 1.94. The van der Waals surface area contributed by atoms with Gasteiger partial charge in [-0.05, 0) is 18.2 Å². The molecule has 2 rings (SSSR count). The van der Waals surface area contributed by atoms with Crippen molar-refractivity contribution in [3.8, 4) is 0 Å². The lowest BCUT2D eigenvalue weighted by atomic mass is 10.3. The van der Waals surface area contributed by atoms with Gasteiger partial charge in [-0.25, -0.2) is 9.97 Å². The Hall–Kier alpha value is -1.31. The van der Waals surface area contributed by atoms with Crippen molar-refractivity contribution in [3.05, 3.63) is 40.1 Å². The van der Waals surface area contributed by atoms with Crippen molar-refractivity contribution in [2.75, 3.05) is 16.8 Å². The largest absolute Gasteiger partial charge is 0.381 e. The minimum absolute atomic E-state index is 0.176. The summed E-state index contributed by atoms with van der Waals surface area (Å²) in [5, 5.41) is 3.73. The van der Waals surface area contributed by atoms with Gasteiger partial charge in [0.25, 0.3) is 0 Å². The molecule has 0 spiro atoms. The van der Waals surface area contributed by atoms with Gasteiger partial charge in [-0.3, -0.25) is 4.79 Å². The Labute approximate surface area is 133 Å². The Morgan fingerprint density at radius 3 is 2.85 bits per heavy atom. The average Bonchev–Trinajstić information content (AvgIpc) is 2.41. The number of hydrogen-bond donors (Lipinski definition) is 2. The predicted molar refractivity (Wildman–Crippen MR) is 85.0 cm³/mol. The molecular weight excluding hydrogens is 364 g/mol. The highest BCUT2D eigenvalue weighted by Gasteiger charge is 2.09. The Morgan fingerprint density at radius 1 is 1.40 bits per heavy atom. The molecule has 5 nitrogen and oxygen atoms in total. The molecule has 0 saturated heterocycles. The van der Waals surface area contributed by atoms with Crippen molar-refractivity contribution in [2.45, 2.75) is 5.03 Å². The molecule has 0 radical (unpaired) electrons. The molecule has 104 valence electrons. The standard InChI is InChI=1S/C12H10BrClN4OS/c13-7-1-2-9(8(14)5-7)18-10(19)6-20-12-11(15)16-3-4-17-12/h1-5H,6H2,(H2,15,16)(H,18,19). The highest BCUT2D eigenvalue weighted by Crippen LogP contribution is 2.26. The maximum absolute atomic E-state index is 11.8. The van der Waals surface area contributed by atoms with Gasteiger partial charge in [0.15, 0.2) is 5.82 Å². The first-order valence-corrected chi connectivity index (χ1v) is 7.66. The number of nitrogens with two attached hydrogens (primary N) is 1. The maximum Gasteiger partial charge on any atom is 0.234 e. The van der Waals surface area contributed by atoms with Crippen LogP contribution >= 0.6 is 39.3 Å². The number of nitrogens with zero attached hydrogens (tertiary/aromatic N) is 2. The molecule has 0 aliphatic rings. The van der Waals surface area contributed by atoms with Gasteiger partial charge in [0.05, 0.1) is 16.5 Å². The minimum atomic E-state index is -0.190. The van der Waals surface area contributed by atoms with Crippen LogP contribution in [0, 0.1) is 0 Å². The third-order valence-corrected chi connectivity index (χ3v) is 4.04. The topological polar surface area (TPSA) is 80.9 Å². The number of carbonyl (C=O) groups is 1. The van der Waals surface area contributed by atoms with E-state index < -0.39 is 0 Å². The van der Waals surface area contributed by atoms with E-state index in [4.69, 9.17) is 17.3 Å². The molecule has 1 amide bonds. The summed E-state index contributed by atoms with van der Waals surface area (Å²) in [5.41, 5.74) is 6.21. The van der Waals surface area contributed by atoms with Crippen molar-refractivity contribution in [1.82, 2.24) is 9.97 Å². The normalized spacial score (nSPS) is 10.3. The second-order valence-electron chi connectivity index (χ2n) is 3.71. The number of benzene rings is 1. The number of nitrogens with one attached hydrogen (secondary N) is 1. The van der Waals surface area contributed by atoms with Gasteiger partial charge in [-0.2, -0.15) is 0 Å². The first-order valence-electron chi connectivity index (χ1n) is 5.50. The molecule has 1 aromatic carbocycles. The number of carbonyl (C=O) groups excluding carboxylic acids is 1. The molecule has 20 heavy (non-hydrogen) atoms. The molecule has 0 unspecified atom stereocenters. The van der Waals surface area contributed by atoms with E-state index in [2.05, 4.69) is 31.2 Å². The Kier molecular flexibility index (Phi) is 5.22. The lowest BCUT2D eigenvalue weighted by Crippen LogP contribution is -2.14. The summed E-state index contributed by atoms with van der Waals surface area (Å²) in [4.78, 5) is 19.8. The van der Waals surface area contributed by atoms with Crippen LogP contribution in [0.15, 0.2) is 40.1 Å². The fourth-order valence-corrected chi connectivity index (χ4v) is 2.75. The van der Waals surface area contributed by atoms with Crippen molar-refractivity contribution in [1.29, 1.82) is 0 Å². The van der Waals surface area contributed by atoms with E-state index in [0.717, 1.165) is 4.47 Å². The number of amides is 1. The van der Waals surface area contributed by atoms with Crippen LogP contribution in [0.4, 0.5) is 11.5 Å². The van der Waals surface area contributed by atoms with Gasteiger partial charge >= 0.3 is 0 Å². The molecule has 0 saturated carbocycles. The molecule has 0 aliphatic heterocycles. The molecule has 1 aromatic heterocycles. The predicted octanol–water partition coefficient (Wildman–Crippen LogP) is 3.21. The van der Waals surface area contributed by atoms with Crippen LogP contribution in [0.1, 0.15) is 0 Å². The molecule has 0 fully saturated rings. The first-order chi connectivity index (χ1) is 9.56. The summed E-state index contributed by atoms with van der Waals surface area (Å²) in [6.07, 6.45) is 3.03. The third-order valence-electron chi connectivity index (χ3n) is 2.24. The van der Waals surface area contributed by atoms with E-state index in [9.17, 15) is 4.79 Å². The summed E-state index contributed by atoms with van der Waals surface area (Å²) >= 11 is 10.5. The van der Waals surface area contributed by atoms with Gasteiger partial charge in [0.2, 0.25) is 5.91 Å². The smallest absolute Gasteiger partial charge is 0.234 e. The Morgan fingerprint density at radius 2 is 2.15 bits per heavy atom. The van der Waals surface area contributed by atoms with Crippen molar-refractivity contribution >= 4 is 56.7 Å². The van der Waals surface area contributed by atoms with Crippen molar-refractivity contribution in [3.63, 3.8) is 0 Å². The fourth-order valence-electron chi connectivity index (χ4n) is 1.36. The number of anilines is 2. The number of aromatic nitrogens is 2. The number of rotatable bonds is 4. The SMILES string of the molecule is Nc1nccnc1SCC(=O)Nc1ccc(Br)cc1Cl. The van der Waals surface area contributed by atoms with Crippen LogP contribution in [-0.2, 0) is 4.79 Å². The van der Waals surface area contributed by atoms with E-state index in [1.807, 2.05) is 0 Å². The molecule has 8 heteroatoms. The molecule has 0 atom stereocenters. The monoisotopic (exact) mass is 372 g/mol. The summed E-state index contributed by atoms with van der Waals surface area (Å²) in [6, 6.07) is 5.24. The number of hydrogen-bond acceptors (Lipinski definition) is 5. The van der Waals surface area contributed by atoms with Gasteiger partial charge < -0.3 is 11.1 Å². The molecular formula is C12H10BrClN4OS. The lowest BCUT2D eigenvalue weighted by molar-refractivity contribution is -0.113. The molecule has 0 aliphatic carbocycles. The number of thioether (sulfide) groups is 1. The first kappa shape index (κ1) is 15.1. The van der Waals surface area contributed by atoms with Crippen LogP contribution in [-0.4, -0.2) is 21.6 Å². The summed E-state index contributed by atoms with van der Waals surface area (Å²) in [7, 11) is 0. The van der Waals surface area contributed by atoms with Crippen LogP contribution < -0.4 is 11.1 Å². The number of nitrogen functional groups attached to an aromatic ring is 1. The average molecular weight is 374 g/mol. The zero-order valence-electron chi connectivity index (χ0n) is 10.1. The Bertz CT molecular complexity index is 641. The molecule has 0 bridgehead atoms. The summed E-state index contributed by atoms with van der Waals surface area (Å²) in [5.74, 6) is 0.297. The summed E-state index contributed by atoms with van der Waals surface area (Å²) in [6.45, 7) is 0. The van der Waals surface area contributed by atoms with Gasteiger partial charge in [-0.1, -0.05) is 39.3 Å². The van der Waals surface area contributed by atoms with E-state index in [-0.39, 0.29) is 11.7 Å². The van der Waals surface area contributed by atoms with Crippen LogP contribution in [0.5, 0.6) is 0 Å². The zero-order valence-corrected chi connectivity index (χ0v) is 13.3. The van der Waals surface area contributed by atoms with Crippen molar-refractivity contribution in [2.24, 2.45) is 0 Å². The van der Waals surface area contributed by atoms with Gasteiger partial charge in [0, 0.05) is 16.9 Å². The van der Waals surface area contributed by atoms with E-state index >= 15 is 0 Å². The van der Waals surface area contributed by atoms with E-state index in [1.165, 1.54) is 24.2 Å². The number of halogens is 2. The fraction of sp³-hybridized carbons (Fsp3) is 0.0833.